The van der Waals surface area contributed by atoms with Gasteiger partial charge in [-0.15, -0.1) is 0 Å². The van der Waals surface area contributed by atoms with Gasteiger partial charge in [0.25, 0.3) is 0 Å². The molecule has 0 aliphatic heterocycles. The van der Waals surface area contributed by atoms with Crippen LogP contribution in [0.3, 0.4) is 0 Å². The molecule has 2 heteroatoms. The summed E-state index contributed by atoms with van der Waals surface area (Å²) in [6, 6.07) is 3.92. The molecule has 0 aliphatic carbocycles. The third-order valence-corrected chi connectivity index (χ3v) is 2.83. The van der Waals surface area contributed by atoms with E-state index in [-0.39, 0.29) is 5.54 Å². The maximum Gasteiger partial charge on any atom is 0.117 e. The first kappa shape index (κ1) is 10.3. The fourth-order valence-corrected chi connectivity index (χ4v) is 1.21. The molecule has 0 saturated heterocycles. The van der Waals surface area contributed by atoms with E-state index in [9.17, 15) is 0 Å². The maximum absolute atomic E-state index is 5.26. The molecule has 0 fully saturated rings. The van der Waals surface area contributed by atoms with Crippen molar-refractivity contribution in [3.8, 4) is 0 Å². The number of nitrogens with one attached hydrogen (secondary N) is 1. The molecule has 0 radical (unpaired) electrons. The van der Waals surface area contributed by atoms with Crippen LogP contribution < -0.4 is 5.32 Å². The topological polar surface area (TPSA) is 25.2 Å². The fourth-order valence-electron chi connectivity index (χ4n) is 1.21. The largest absolute Gasteiger partial charge is 0.468 e. The summed E-state index contributed by atoms with van der Waals surface area (Å²) >= 11 is 0. The Morgan fingerprint density at radius 2 is 2.08 bits per heavy atom. The normalized spacial score (nSPS) is 11.9. The van der Waals surface area contributed by atoms with Gasteiger partial charge < -0.3 is 9.73 Å². The minimum absolute atomic E-state index is 0.243. The van der Waals surface area contributed by atoms with E-state index in [0.29, 0.717) is 0 Å². The van der Waals surface area contributed by atoms with Crippen molar-refractivity contribution in [1.82, 2.24) is 5.32 Å². The third kappa shape index (κ3) is 2.88. The Balaban J connectivity index is 2.41. The van der Waals surface area contributed by atoms with Gasteiger partial charge in [0, 0.05) is 5.54 Å². The van der Waals surface area contributed by atoms with Crippen LogP contribution in [0.15, 0.2) is 22.8 Å². The van der Waals surface area contributed by atoms with Gasteiger partial charge in [-0.2, -0.15) is 0 Å². The summed E-state index contributed by atoms with van der Waals surface area (Å²) in [7, 11) is 0. The summed E-state index contributed by atoms with van der Waals surface area (Å²) in [6.45, 7) is 7.48. The van der Waals surface area contributed by atoms with Crippen molar-refractivity contribution in [2.45, 2.75) is 45.7 Å². The second-order valence-electron chi connectivity index (χ2n) is 3.70. The predicted octanol–water partition coefficient (Wildman–Crippen LogP) is 2.95. The summed E-state index contributed by atoms with van der Waals surface area (Å²) in [6.07, 6.45) is 4.00. The van der Waals surface area contributed by atoms with E-state index in [1.807, 2.05) is 12.1 Å². The molecule has 74 valence electrons. The van der Waals surface area contributed by atoms with Crippen molar-refractivity contribution in [2.75, 3.05) is 0 Å². The van der Waals surface area contributed by atoms with Gasteiger partial charge >= 0.3 is 0 Å². The van der Waals surface area contributed by atoms with Gasteiger partial charge in [-0.1, -0.05) is 13.8 Å². The van der Waals surface area contributed by atoms with Crippen LogP contribution in [0.25, 0.3) is 0 Å². The molecule has 2 nitrogen and oxygen atoms in total. The van der Waals surface area contributed by atoms with Crippen LogP contribution in [0.4, 0.5) is 0 Å². The average molecular weight is 181 g/mol. The molecule has 1 N–H and O–H groups in total. The first-order valence-corrected chi connectivity index (χ1v) is 4.97. The molecule has 1 aromatic rings. The lowest BCUT2D eigenvalue weighted by Gasteiger charge is -2.27. The highest BCUT2D eigenvalue weighted by Gasteiger charge is 2.18. The second kappa shape index (κ2) is 4.47. The van der Waals surface area contributed by atoms with Gasteiger partial charge in [-0.3, -0.25) is 0 Å². The first-order chi connectivity index (χ1) is 6.20. The molecular formula is C11H19NO. The molecule has 0 spiro atoms. The standard InChI is InChI=1S/C11H19NO/c1-4-11(3,5-2)12-9-10-7-6-8-13-10/h6-8,12H,4-5,9H2,1-3H3. The molecule has 0 saturated carbocycles. The Morgan fingerprint density at radius 3 is 2.54 bits per heavy atom. The Morgan fingerprint density at radius 1 is 1.38 bits per heavy atom. The summed E-state index contributed by atoms with van der Waals surface area (Å²) in [5.41, 5.74) is 0.243. The first-order valence-electron chi connectivity index (χ1n) is 4.97. The predicted molar refractivity (Wildman–Crippen MR) is 54.5 cm³/mol. The van der Waals surface area contributed by atoms with Gasteiger partial charge in [0.15, 0.2) is 0 Å². The summed E-state index contributed by atoms with van der Waals surface area (Å²) < 4.78 is 5.26. The molecular weight excluding hydrogens is 162 g/mol. The molecule has 1 heterocycles. The zero-order valence-corrected chi connectivity index (χ0v) is 8.76. The van der Waals surface area contributed by atoms with Crippen molar-refractivity contribution in [1.29, 1.82) is 0 Å². The van der Waals surface area contributed by atoms with Crippen LogP contribution in [-0.2, 0) is 6.54 Å². The van der Waals surface area contributed by atoms with Crippen LogP contribution in [0.2, 0.25) is 0 Å². The number of rotatable bonds is 5. The molecule has 0 atom stereocenters. The lowest BCUT2D eigenvalue weighted by atomic mass is 9.95. The van der Waals surface area contributed by atoms with Gasteiger partial charge in [-0.05, 0) is 31.9 Å². The molecule has 0 aliphatic rings. The van der Waals surface area contributed by atoms with Crippen molar-refractivity contribution >= 4 is 0 Å². The third-order valence-electron chi connectivity index (χ3n) is 2.83. The van der Waals surface area contributed by atoms with E-state index in [0.717, 1.165) is 25.1 Å². The van der Waals surface area contributed by atoms with E-state index in [4.69, 9.17) is 4.42 Å². The molecule has 13 heavy (non-hydrogen) atoms. The van der Waals surface area contributed by atoms with E-state index < -0.39 is 0 Å². The van der Waals surface area contributed by atoms with Crippen molar-refractivity contribution < 1.29 is 4.42 Å². The van der Waals surface area contributed by atoms with Crippen molar-refractivity contribution in [3.63, 3.8) is 0 Å². The van der Waals surface area contributed by atoms with E-state index in [2.05, 4.69) is 26.1 Å². The monoisotopic (exact) mass is 181 g/mol. The highest BCUT2D eigenvalue weighted by molar-refractivity contribution is 4.98. The Hall–Kier alpha value is -0.760. The van der Waals surface area contributed by atoms with E-state index in [1.165, 1.54) is 0 Å². The summed E-state index contributed by atoms with van der Waals surface area (Å²) in [4.78, 5) is 0. The van der Waals surface area contributed by atoms with Gasteiger partial charge in [0.1, 0.15) is 5.76 Å². The average Bonchev–Trinajstić information content (AvgIpc) is 2.67. The minimum Gasteiger partial charge on any atom is -0.468 e. The van der Waals surface area contributed by atoms with Gasteiger partial charge in [-0.25, -0.2) is 0 Å². The lowest BCUT2D eigenvalue weighted by molar-refractivity contribution is 0.314. The van der Waals surface area contributed by atoms with Crippen LogP contribution in [0.1, 0.15) is 39.4 Å². The molecule has 0 bridgehead atoms. The van der Waals surface area contributed by atoms with Crippen molar-refractivity contribution in [3.05, 3.63) is 24.2 Å². The fraction of sp³-hybridized carbons (Fsp3) is 0.636. The second-order valence-corrected chi connectivity index (χ2v) is 3.70. The quantitative estimate of drug-likeness (QED) is 0.755. The molecule has 1 rings (SSSR count). The Kier molecular flexibility index (Phi) is 3.55. The van der Waals surface area contributed by atoms with E-state index >= 15 is 0 Å². The number of hydrogen-bond donors (Lipinski definition) is 1. The molecule has 0 amide bonds. The Labute approximate surface area is 80.3 Å². The van der Waals surface area contributed by atoms with Crippen molar-refractivity contribution in [2.24, 2.45) is 0 Å². The highest BCUT2D eigenvalue weighted by Crippen LogP contribution is 2.14. The maximum atomic E-state index is 5.26. The summed E-state index contributed by atoms with van der Waals surface area (Å²) in [5, 5.41) is 3.50. The minimum atomic E-state index is 0.243. The van der Waals surface area contributed by atoms with Crippen LogP contribution >= 0.6 is 0 Å². The molecule has 0 aromatic carbocycles. The van der Waals surface area contributed by atoms with Gasteiger partial charge in [0.05, 0.1) is 12.8 Å². The highest BCUT2D eigenvalue weighted by atomic mass is 16.3. The SMILES string of the molecule is CCC(C)(CC)NCc1ccco1. The molecule has 0 unspecified atom stereocenters. The lowest BCUT2D eigenvalue weighted by Crippen LogP contribution is -2.40. The smallest absolute Gasteiger partial charge is 0.117 e. The van der Waals surface area contributed by atoms with E-state index in [1.54, 1.807) is 6.26 Å². The Bertz CT molecular complexity index is 224. The van der Waals surface area contributed by atoms with Gasteiger partial charge in [0.2, 0.25) is 0 Å². The number of hydrogen-bond acceptors (Lipinski definition) is 2. The number of furan rings is 1. The zero-order chi connectivity index (χ0) is 9.73. The zero-order valence-electron chi connectivity index (χ0n) is 8.76. The summed E-state index contributed by atoms with van der Waals surface area (Å²) in [5.74, 6) is 1.01. The van der Waals surface area contributed by atoms with Crippen LogP contribution in [0, 0.1) is 0 Å². The van der Waals surface area contributed by atoms with Crippen LogP contribution in [-0.4, -0.2) is 5.54 Å². The molecule has 1 aromatic heterocycles. The van der Waals surface area contributed by atoms with Crippen LogP contribution in [0.5, 0.6) is 0 Å².